The zero-order valence-corrected chi connectivity index (χ0v) is 10.0. The third-order valence-corrected chi connectivity index (χ3v) is 2.55. The van der Waals surface area contributed by atoms with Gasteiger partial charge >= 0.3 is 5.97 Å². The first-order chi connectivity index (χ1) is 9.50. The number of anilines is 1. The quantitative estimate of drug-likeness (QED) is 0.790. The highest BCUT2D eigenvalue weighted by atomic mass is 19.1. The minimum atomic E-state index is -1.39. The van der Waals surface area contributed by atoms with Crippen molar-refractivity contribution in [1.29, 1.82) is 0 Å². The van der Waals surface area contributed by atoms with Crippen LogP contribution in [0.2, 0.25) is 0 Å². The summed E-state index contributed by atoms with van der Waals surface area (Å²) in [5, 5.41) is 11.0. The molecule has 102 valence electrons. The van der Waals surface area contributed by atoms with E-state index in [9.17, 15) is 18.8 Å². The van der Waals surface area contributed by atoms with Gasteiger partial charge in [0.25, 0.3) is 5.91 Å². The fraction of sp³-hybridized carbons (Fsp3) is 0. The van der Waals surface area contributed by atoms with Crippen LogP contribution in [0.25, 0.3) is 0 Å². The van der Waals surface area contributed by atoms with Crippen LogP contribution in [0.5, 0.6) is 0 Å². The number of aromatic carboxylic acids is 1. The molecule has 1 amide bonds. The highest BCUT2D eigenvalue weighted by Gasteiger charge is 2.18. The summed E-state index contributed by atoms with van der Waals surface area (Å²) in [7, 11) is 0. The number of carboxylic acids is 1. The lowest BCUT2D eigenvalue weighted by molar-refractivity contribution is 0.0697. The van der Waals surface area contributed by atoms with Crippen LogP contribution in [-0.2, 0) is 0 Å². The molecule has 1 heterocycles. The summed E-state index contributed by atoms with van der Waals surface area (Å²) in [6.45, 7) is 0. The molecule has 0 spiro atoms. The van der Waals surface area contributed by atoms with Crippen LogP contribution in [0, 0.1) is 5.82 Å². The fourth-order valence-corrected chi connectivity index (χ4v) is 1.60. The average molecular weight is 276 g/mol. The lowest BCUT2D eigenvalue weighted by Gasteiger charge is -2.09. The van der Waals surface area contributed by atoms with Gasteiger partial charge in [-0.3, -0.25) is 9.59 Å². The van der Waals surface area contributed by atoms with Crippen molar-refractivity contribution in [1.82, 2.24) is 4.98 Å². The number of rotatable bonds is 3. The van der Waals surface area contributed by atoms with E-state index in [-0.39, 0.29) is 5.56 Å². The van der Waals surface area contributed by atoms with Crippen molar-refractivity contribution in [2.75, 3.05) is 5.32 Å². The van der Waals surface area contributed by atoms with Gasteiger partial charge in [0.15, 0.2) is 5.43 Å². The Balaban J connectivity index is 2.41. The van der Waals surface area contributed by atoms with Crippen LogP contribution in [-0.4, -0.2) is 22.0 Å². The molecule has 1 aromatic carbocycles. The van der Waals surface area contributed by atoms with Crippen molar-refractivity contribution in [3.8, 4) is 0 Å². The molecule has 6 nitrogen and oxygen atoms in total. The second kappa shape index (κ2) is 5.35. The number of carboxylic acid groups (broad SMARTS) is 1. The number of pyridine rings is 1. The molecule has 0 unspecified atom stereocenters. The summed E-state index contributed by atoms with van der Waals surface area (Å²) in [6.07, 6.45) is 2.49. The number of aromatic nitrogens is 1. The molecule has 1 aromatic heterocycles. The number of hydrogen-bond acceptors (Lipinski definition) is 3. The molecule has 3 N–H and O–H groups in total. The van der Waals surface area contributed by atoms with E-state index < -0.39 is 34.4 Å². The van der Waals surface area contributed by atoms with E-state index in [1.54, 1.807) is 0 Å². The first kappa shape index (κ1) is 13.5. The molecule has 2 aromatic rings. The van der Waals surface area contributed by atoms with Crippen LogP contribution in [0.15, 0.2) is 41.5 Å². The number of amides is 1. The predicted octanol–water partition coefficient (Wildman–Crippen LogP) is 1.46. The molecule has 0 bridgehead atoms. The van der Waals surface area contributed by atoms with Crippen molar-refractivity contribution in [2.45, 2.75) is 0 Å². The van der Waals surface area contributed by atoms with Crippen molar-refractivity contribution in [3.63, 3.8) is 0 Å². The Bertz CT molecular complexity index is 739. The molecule has 0 saturated carbocycles. The minimum absolute atomic E-state index is 0.243. The number of halogens is 1. The summed E-state index contributed by atoms with van der Waals surface area (Å²) in [5.74, 6) is -3.17. The lowest BCUT2D eigenvalue weighted by Crippen LogP contribution is -2.22. The van der Waals surface area contributed by atoms with E-state index in [0.717, 1.165) is 24.4 Å². The molecular formula is C13H9FN2O4. The maximum absolute atomic E-state index is 13.6. The summed E-state index contributed by atoms with van der Waals surface area (Å²) in [6, 6.07) is 4.51. The van der Waals surface area contributed by atoms with E-state index in [1.807, 2.05) is 0 Å². The van der Waals surface area contributed by atoms with Gasteiger partial charge in [0.1, 0.15) is 11.4 Å². The Labute approximate surface area is 111 Å². The highest BCUT2D eigenvalue weighted by molar-refractivity contribution is 6.07. The Kier molecular flexibility index (Phi) is 3.60. The van der Waals surface area contributed by atoms with Gasteiger partial charge < -0.3 is 15.4 Å². The molecule has 0 atom stereocenters. The Morgan fingerprint density at radius 3 is 2.60 bits per heavy atom. The molecule has 0 saturated heterocycles. The first-order valence-corrected chi connectivity index (χ1v) is 5.51. The highest BCUT2D eigenvalue weighted by Crippen LogP contribution is 2.20. The fourth-order valence-electron chi connectivity index (χ4n) is 1.60. The monoisotopic (exact) mass is 276 g/mol. The molecule has 0 aliphatic carbocycles. The molecule has 7 heteroatoms. The molecule has 0 aliphatic heterocycles. The van der Waals surface area contributed by atoms with Crippen LogP contribution < -0.4 is 10.7 Å². The van der Waals surface area contributed by atoms with Crippen molar-refractivity contribution in [2.24, 2.45) is 0 Å². The smallest absolute Gasteiger partial charge is 0.337 e. The summed E-state index contributed by atoms with van der Waals surface area (Å²) < 4.78 is 13.6. The molecule has 2 rings (SSSR count). The van der Waals surface area contributed by atoms with Crippen molar-refractivity contribution >= 4 is 17.6 Å². The Morgan fingerprint density at radius 2 is 1.95 bits per heavy atom. The Hall–Kier alpha value is -2.96. The topological polar surface area (TPSA) is 99.3 Å². The Morgan fingerprint density at radius 1 is 1.20 bits per heavy atom. The van der Waals surface area contributed by atoms with Crippen LogP contribution >= 0.6 is 0 Å². The summed E-state index contributed by atoms with van der Waals surface area (Å²) >= 11 is 0. The number of para-hydroxylation sites is 1. The molecule has 0 aliphatic rings. The summed E-state index contributed by atoms with van der Waals surface area (Å²) in [5.41, 5.74) is -1.68. The number of nitrogens with one attached hydrogen (secondary N) is 2. The maximum Gasteiger partial charge on any atom is 0.337 e. The molecule has 0 fully saturated rings. The number of benzene rings is 1. The zero-order valence-electron chi connectivity index (χ0n) is 10.0. The largest absolute Gasteiger partial charge is 0.478 e. The van der Waals surface area contributed by atoms with Gasteiger partial charge in [-0.05, 0) is 12.1 Å². The predicted molar refractivity (Wildman–Crippen MR) is 68.4 cm³/mol. The van der Waals surface area contributed by atoms with Gasteiger partial charge in [0, 0.05) is 18.5 Å². The normalized spacial score (nSPS) is 10.1. The van der Waals surface area contributed by atoms with Gasteiger partial charge in [-0.2, -0.15) is 0 Å². The van der Waals surface area contributed by atoms with E-state index in [4.69, 9.17) is 5.11 Å². The summed E-state index contributed by atoms with van der Waals surface area (Å²) in [4.78, 5) is 36.9. The number of carbonyl (C=O) groups is 2. The van der Waals surface area contributed by atoms with Gasteiger partial charge in [-0.1, -0.05) is 6.07 Å². The van der Waals surface area contributed by atoms with Gasteiger partial charge in [-0.15, -0.1) is 0 Å². The number of aromatic amines is 1. The number of carbonyl (C=O) groups excluding carboxylic acids is 1. The number of H-pyrrole nitrogens is 1. The average Bonchev–Trinajstić information content (AvgIpc) is 2.41. The van der Waals surface area contributed by atoms with E-state index in [2.05, 4.69) is 10.3 Å². The van der Waals surface area contributed by atoms with Crippen molar-refractivity contribution in [3.05, 3.63) is 63.8 Å². The zero-order chi connectivity index (χ0) is 14.7. The van der Waals surface area contributed by atoms with Crippen LogP contribution in [0.1, 0.15) is 20.7 Å². The van der Waals surface area contributed by atoms with Crippen molar-refractivity contribution < 1.29 is 19.1 Å². The lowest BCUT2D eigenvalue weighted by atomic mass is 10.1. The van der Waals surface area contributed by atoms with E-state index in [1.165, 1.54) is 12.3 Å². The SMILES string of the molecule is O=C(O)c1cccc(F)c1NC(=O)c1c[nH]ccc1=O. The molecular weight excluding hydrogens is 267 g/mol. The van der Waals surface area contributed by atoms with E-state index >= 15 is 0 Å². The second-order valence-corrected chi connectivity index (χ2v) is 3.84. The van der Waals surface area contributed by atoms with Crippen LogP contribution in [0.4, 0.5) is 10.1 Å². The second-order valence-electron chi connectivity index (χ2n) is 3.84. The maximum atomic E-state index is 13.6. The molecule has 0 radical (unpaired) electrons. The van der Waals surface area contributed by atoms with Gasteiger partial charge in [0.05, 0.1) is 11.3 Å². The standard InChI is InChI=1S/C13H9FN2O4/c14-9-3-1-2-7(13(19)20)11(9)16-12(18)8-6-15-5-4-10(8)17/h1-6H,(H,15,17)(H,16,18)(H,19,20). The third kappa shape index (κ3) is 2.56. The van der Waals surface area contributed by atoms with Crippen LogP contribution in [0.3, 0.4) is 0 Å². The van der Waals surface area contributed by atoms with Gasteiger partial charge in [0.2, 0.25) is 0 Å². The van der Waals surface area contributed by atoms with Gasteiger partial charge in [-0.25, -0.2) is 9.18 Å². The first-order valence-electron chi connectivity index (χ1n) is 5.51. The number of hydrogen-bond donors (Lipinski definition) is 3. The molecule has 20 heavy (non-hydrogen) atoms. The minimum Gasteiger partial charge on any atom is -0.478 e. The van der Waals surface area contributed by atoms with E-state index in [0.29, 0.717) is 0 Å². The third-order valence-electron chi connectivity index (χ3n) is 2.55.